The van der Waals surface area contributed by atoms with Gasteiger partial charge >= 0.3 is 0 Å². The second kappa shape index (κ2) is 12.7. The summed E-state index contributed by atoms with van der Waals surface area (Å²) in [6.07, 6.45) is 1.71. The van der Waals surface area contributed by atoms with Gasteiger partial charge in [0.15, 0.2) is 0 Å². The van der Waals surface area contributed by atoms with Gasteiger partial charge in [-0.1, -0.05) is 18.2 Å². The van der Waals surface area contributed by atoms with Crippen LogP contribution in [-0.4, -0.2) is 55.1 Å². The Bertz CT molecular complexity index is 1560. The third kappa shape index (κ3) is 6.93. The Hall–Kier alpha value is -3.32. The second-order valence-electron chi connectivity index (χ2n) is 11.3. The molecule has 43 heavy (non-hydrogen) atoms. The lowest BCUT2D eigenvalue weighted by atomic mass is 9.84. The normalized spacial score (nSPS) is 20.9. The van der Waals surface area contributed by atoms with Gasteiger partial charge in [-0.05, 0) is 80.1 Å². The standard InChI is InChI=1S/C31H34F4N4O3S/c1-18-16-37-17-24(39(18)43(41,42)25-10-11-25)9-12-26-27(35)3-2-4-28(26)38-31(40)30(36)29(19-5-7-21(32)8-6-19)20-13-22(33)15-23(34)14-20/h2-8,13-15,18,24-25,29-30,37H,9-12,16-17,36H2,1H3,(H,38,40)/t18-,24-,29-,30-/m0/s1. The maximum absolute atomic E-state index is 15.2. The maximum atomic E-state index is 15.2. The highest BCUT2D eigenvalue weighted by molar-refractivity contribution is 7.90. The number of nitrogens with zero attached hydrogens (tertiary/aromatic N) is 1. The van der Waals surface area contributed by atoms with E-state index in [0.717, 1.165) is 24.3 Å². The smallest absolute Gasteiger partial charge is 0.242 e. The summed E-state index contributed by atoms with van der Waals surface area (Å²) in [6, 6.07) is 10.0. The van der Waals surface area contributed by atoms with E-state index in [1.165, 1.54) is 30.3 Å². The molecular weight excluding hydrogens is 584 g/mol. The predicted molar refractivity (Wildman–Crippen MR) is 156 cm³/mol. The van der Waals surface area contributed by atoms with Crippen LogP contribution in [0, 0.1) is 23.3 Å². The highest BCUT2D eigenvalue weighted by atomic mass is 32.2. The van der Waals surface area contributed by atoms with Crippen LogP contribution in [0.3, 0.4) is 0 Å². The Morgan fingerprint density at radius 3 is 2.30 bits per heavy atom. The molecule has 2 fully saturated rings. The van der Waals surface area contributed by atoms with Gasteiger partial charge < -0.3 is 16.4 Å². The number of carbonyl (C=O) groups is 1. The first-order valence-electron chi connectivity index (χ1n) is 14.2. The first kappa shape index (κ1) is 31.1. The first-order valence-corrected chi connectivity index (χ1v) is 15.7. The summed E-state index contributed by atoms with van der Waals surface area (Å²) in [6.45, 7) is 2.78. The third-order valence-electron chi connectivity index (χ3n) is 8.09. The van der Waals surface area contributed by atoms with E-state index in [-0.39, 0.29) is 34.5 Å². The van der Waals surface area contributed by atoms with Crippen molar-refractivity contribution in [1.29, 1.82) is 0 Å². The lowest BCUT2D eigenvalue weighted by molar-refractivity contribution is -0.117. The van der Waals surface area contributed by atoms with Gasteiger partial charge in [0.2, 0.25) is 15.9 Å². The molecule has 3 aromatic rings. The molecule has 0 spiro atoms. The molecule has 12 heteroatoms. The fraction of sp³-hybridized carbons (Fsp3) is 0.387. The van der Waals surface area contributed by atoms with Crippen molar-refractivity contribution in [3.05, 3.63) is 101 Å². The van der Waals surface area contributed by atoms with Crippen molar-refractivity contribution in [2.75, 3.05) is 18.4 Å². The molecule has 0 bridgehead atoms. The summed E-state index contributed by atoms with van der Waals surface area (Å²) in [4.78, 5) is 13.5. The second-order valence-corrected chi connectivity index (χ2v) is 13.4. The largest absolute Gasteiger partial charge is 0.324 e. The topological polar surface area (TPSA) is 105 Å². The minimum absolute atomic E-state index is 0.0714. The summed E-state index contributed by atoms with van der Waals surface area (Å²) in [5.74, 6) is -4.67. The molecular formula is C31H34F4N4O3S. The SMILES string of the molecule is C[C@H]1CNC[C@H](CCc2c(F)cccc2NC(=O)[C@@H](N)[C@@H](c2ccc(F)cc2)c2cc(F)cc(F)c2)N1S(=O)(=O)C1CC1. The molecule has 1 saturated carbocycles. The van der Waals surface area contributed by atoms with Crippen molar-refractivity contribution in [3.8, 4) is 0 Å². The van der Waals surface area contributed by atoms with E-state index in [0.29, 0.717) is 44.0 Å². The summed E-state index contributed by atoms with van der Waals surface area (Å²) in [7, 11) is -3.48. The van der Waals surface area contributed by atoms with E-state index in [4.69, 9.17) is 5.73 Å². The fourth-order valence-electron chi connectivity index (χ4n) is 5.86. The van der Waals surface area contributed by atoms with Gasteiger partial charge in [0.25, 0.3) is 0 Å². The van der Waals surface area contributed by atoms with E-state index in [1.54, 1.807) is 4.31 Å². The summed E-state index contributed by atoms with van der Waals surface area (Å²) in [5.41, 5.74) is 7.13. The number of nitrogens with two attached hydrogens (primary N) is 1. The quantitative estimate of drug-likeness (QED) is 0.292. The zero-order chi connectivity index (χ0) is 30.9. The Labute approximate surface area is 248 Å². The predicted octanol–water partition coefficient (Wildman–Crippen LogP) is 4.43. The van der Waals surface area contributed by atoms with Gasteiger partial charge in [0.1, 0.15) is 23.3 Å². The van der Waals surface area contributed by atoms with Crippen LogP contribution in [0.25, 0.3) is 0 Å². The van der Waals surface area contributed by atoms with Gasteiger partial charge in [-0.3, -0.25) is 4.79 Å². The molecule has 0 radical (unpaired) electrons. The minimum Gasteiger partial charge on any atom is -0.324 e. The first-order chi connectivity index (χ1) is 20.5. The van der Waals surface area contributed by atoms with Gasteiger partial charge in [0, 0.05) is 48.4 Å². The number of nitrogens with one attached hydrogen (secondary N) is 2. The Morgan fingerprint density at radius 1 is 0.977 bits per heavy atom. The molecule has 4 N–H and O–H groups in total. The van der Waals surface area contributed by atoms with E-state index in [2.05, 4.69) is 10.6 Å². The van der Waals surface area contributed by atoms with E-state index < -0.39 is 57.2 Å². The molecule has 3 aromatic carbocycles. The van der Waals surface area contributed by atoms with Crippen molar-refractivity contribution in [1.82, 2.24) is 9.62 Å². The number of benzene rings is 3. The Morgan fingerprint density at radius 2 is 1.65 bits per heavy atom. The van der Waals surface area contributed by atoms with Crippen molar-refractivity contribution >= 4 is 21.6 Å². The molecule has 5 rings (SSSR count). The molecule has 230 valence electrons. The zero-order valence-electron chi connectivity index (χ0n) is 23.6. The number of carbonyl (C=O) groups excluding carboxylic acids is 1. The molecule has 1 aliphatic heterocycles. The Balaban J connectivity index is 1.38. The number of hydrogen-bond donors (Lipinski definition) is 3. The van der Waals surface area contributed by atoms with Gasteiger partial charge in [0.05, 0.1) is 11.3 Å². The molecule has 7 nitrogen and oxygen atoms in total. The van der Waals surface area contributed by atoms with Crippen LogP contribution in [0.15, 0.2) is 60.7 Å². The van der Waals surface area contributed by atoms with Crippen molar-refractivity contribution in [3.63, 3.8) is 0 Å². The lowest BCUT2D eigenvalue weighted by Gasteiger charge is -2.40. The van der Waals surface area contributed by atoms with E-state index in [9.17, 15) is 26.4 Å². The van der Waals surface area contributed by atoms with Crippen LogP contribution in [0.5, 0.6) is 0 Å². The monoisotopic (exact) mass is 618 g/mol. The lowest BCUT2D eigenvalue weighted by Crippen LogP contribution is -2.59. The summed E-state index contributed by atoms with van der Waals surface area (Å²) < 4.78 is 85.1. The fourth-order valence-corrected chi connectivity index (χ4v) is 8.11. The number of amides is 1. The number of sulfonamides is 1. The van der Waals surface area contributed by atoms with Crippen LogP contribution < -0.4 is 16.4 Å². The highest BCUT2D eigenvalue weighted by Crippen LogP contribution is 2.35. The van der Waals surface area contributed by atoms with Crippen molar-refractivity contribution < 1.29 is 30.8 Å². The van der Waals surface area contributed by atoms with Crippen LogP contribution in [-0.2, 0) is 21.2 Å². The van der Waals surface area contributed by atoms with Crippen molar-refractivity contribution in [2.24, 2.45) is 5.73 Å². The number of piperazine rings is 1. The molecule has 1 saturated heterocycles. The average molecular weight is 619 g/mol. The molecule has 2 aliphatic rings. The molecule has 1 aliphatic carbocycles. The van der Waals surface area contributed by atoms with E-state index in [1.807, 2.05) is 6.92 Å². The van der Waals surface area contributed by atoms with Crippen LogP contribution in [0.4, 0.5) is 23.2 Å². The molecule has 1 amide bonds. The minimum atomic E-state index is -3.48. The molecule has 4 atom stereocenters. The van der Waals surface area contributed by atoms with Crippen LogP contribution >= 0.6 is 0 Å². The number of halogens is 4. The van der Waals surface area contributed by atoms with Crippen LogP contribution in [0.2, 0.25) is 0 Å². The van der Waals surface area contributed by atoms with Gasteiger partial charge in [-0.25, -0.2) is 26.0 Å². The molecule has 0 unspecified atom stereocenters. The number of anilines is 1. The van der Waals surface area contributed by atoms with Crippen LogP contribution in [0.1, 0.15) is 48.8 Å². The molecule has 1 heterocycles. The highest BCUT2D eigenvalue weighted by Gasteiger charge is 2.45. The summed E-state index contributed by atoms with van der Waals surface area (Å²) >= 11 is 0. The number of rotatable bonds is 10. The van der Waals surface area contributed by atoms with Gasteiger partial charge in [-0.15, -0.1) is 0 Å². The maximum Gasteiger partial charge on any atom is 0.242 e. The Kier molecular flexibility index (Phi) is 9.21. The number of hydrogen-bond acceptors (Lipinski definition) is 5. The van der Waals surface area contributed by atoms with E-state index >= 15 is 4.39 Å². The third-order valence-corrected chi connectivity index (χ3v) is 10.7. The summed E-state index contributed by atoms with van der Waals surface area (Å²) in [5, 5.41) is 5.54. The average Bonchev–Trinajstić information content (AvgIpc) is 3.80. The zero-order valence-corrected chi connectivity index (χ0v) is 24.4. The van der Waals surface area contributed by atoms with Gasteiger partial charge in [-0.2, -0.15) is 4.31 Å². The van der Waals surface area contributed by atoms with Crippen molar-refractivity contribution in [2.45, 2.75) is 61.9 Å². The molecule has 0 aromatic heterocycles.